The molecule has 4 aliphatic carbocycles. The third kappa shape index (κ3) is 2.16. The molecule has 0 aromatic carbocycles. The van der Waals surface area contributed by atoms with Gasteiger partial charge in [-0.3, -0.25) is 4.68 Å². The van der Waals surface area contributed by atoms with Crippen LogP contribution in [0.25, 0.3) is 0 Å². The summed E-state index contributed by atoms with van der Waals surface area (Å²) in [5.41, 5.74) is 9.44. The molecule has 1 heterocycles. The van der Waals surface area contributed by atoms with Crippen LogP contribution >= 0.6 is 0 Å². The zero-order chi connectivity index (χ0) is 14.9. The van der Waals surface area contributed by atoms with Crippen molar-refractivity contribution >= 4 is 0 Å². The number of nitrogens with zero attached hydrogens (tertiary/aromatic N) is 2. The van der Waals surface area contributed by atoms with Crippen molar-refractivity contribution < 1.29 is 0 Å². The summed E-state index contributed by atoms with van der Waals surface area (Å²) in [6.07, 6.45) is 11.6. The summed E-state index contributed by atoms with van der Waals surface area (Å²) in [6.45, 7) is 5.08. The maximum atomic E-state index is 6.59. The lowest BCUT2D eigenvalue weighted by atomic mass is 9.39. The molecule has 116 valence electrons. The highest BCUT2D eigenvalue weighted by atomic mass is 15.3. The van der Waals surface area contributed by atoms with Crippen molar-refractivity contribution in [1.82, 2.24) is 9.78 Å². The summed E-state index contributed by atoms with van der Waals surface area (Å²) in [4.78, 5) is 0. The quantitative estimate of drug-likeness (QED) is 0.918. The lowest BCUT2D eigenvalue weighted by Gasteiger charge is -2.66. The fraction of sp³-hybridized carbons (Fsp3) is 0.833. The number of aryl methyl sites for hydroxylation is 1. The highest BCUT2D eigenvalue weighted by molar-refractivity contribution is 5.14. The van der Waals surface area contributed by atoms with Crippen LogP contribution in [-0.2, 0) is 7.05 Å². The van der Waals surface area contributed by atoms with E-state index in [-0.39, 0.29) is 6.04 Å². The van der Waals surface area contributed by atoms with Gasteiger partial charge in [-0.2, -0.15) is 5.10 Å². The van der Waals surface area contributed by atoms with Crippen molar-refractivity contribution in [1.29, 1.82) is 0 Å². The summed E-state index contributed by atoms with van der Waals surface area (Å²) in [6, 6.07) is 2.23. The second-order valence-corrected chi connectivity index (χ2v) is 9.32. The molecule has 4 saturated carbocycles. The van der Waals surface area contributed by atoms with Crippen molar-refractivity contribution in [2.75, 3.05) is 0 Å². The summed E-state index contributed by atoms with van der Waals surface area (Å²) in [5.74, 6) is 0.954. The molecule has 3 unspecified atom stereocenters. The van der Waals surface area contributed by atoms with Gasteiger partial charge in [0.25, 0.3) is 0 Å². The molecule has 0 aliphatic heterocycles. The van der Waals surface area contributed by atoms with Crippen LogP contribution in [0.5, 0.6) is 0 Å². The molecule has 3 nitrogen and oxygen atoms in total. The highest BCUT2D eigenvalue weighted by Crippen LogP contribution is 2.70. The van der Waals surface area contributed by atoms with Gasteiger partial charge in [-0.05, 0) is 73.2 Å². The van der Waals surface area contributed by atoms with Gasteiger partial charge in [-0.25, -0.2) is 0 Å². The Bertz CT molecular complexity index is 543. The zero-order valence-corrected chi connectivity index (χ0v) is 13.7. The van der Waals surface area contributed by atoms with Gasteiger partial charge in [0.05, 0.1) is 5.69 Å². The van der Waals surface area contributed by atoms with Gasteiger partial charge in [0.1, 0.15) is 0 Å². The minimum absolute atomic E-state index is 0.140. The average molecular weight is 287 g/mol. The Balaban J connectivity index is 1.61. The molecule has 3 heteroatoms. The lowest BCUT2D eigenvalue weighted by Crippen LogP contribution is -2.55. The van der Waals surface area contributed by atoms with E-state index in [9.17, 15) is 0 Å². The van der Waals surface area contributed by atoms with Crippen molar-refractivity contribution in [3.8, 4) is 0 Å². The van der Waals surface area contributed by atoms with Crippen LogP contribution in [0.15, 0.2) is 12.3 Å². The second kappa shape index (κ2) is 4.13. The molecule has 21 heavy (non-hydrogen) atoms. The van der Waals surface area contributed by atoms with Crippen LogP contribution in [0.2, 0.25) is 0 Å². The summed E-state index contributed by atoms with van der Waals surface area (Å²) < 4.78 is 1.95. The Morgan fingerprint density at radius 2 is 1.90 bits per heavy atom. The predicted molar refractivity (Wildman–Crippen MR) is 84.6 cm³/mol. The molecule has 4 bridgehead atoms. The van der Waals surface area contributed by atoms with E-state index in [0.29, 0.717) is 16.2 Å². The lowest BCUT2D eigenvalue weighted by molar-refractivity contribution is -0.149. The summed E-state index contributed by atoms with van der Waals surface area (Å²) in [7, 11) is 2.01. The maximum absolute atomic E-state index is 6.59. The molecule has 4 aliphatic rings. The number of aromatic nitrogens is 2. The molecule has 1 aromatic heterocycles. The molecule has 3 atom stereocenters. The van der Waals surface area contributed by atoms with E-state index in [1.807, 2.05) is 17.9 Å². The predicted octanol–water partition coefficient (Wildman–Crippen LogP) is 3.81. The van der Waals surface area contributed by atoms with E-state index in [1.165, 1.54) is 44.2 Å². The standard InChI is InChI=1S/C18H29N3/c1-16-6-13-7-17(2,10-16)12-18(8-13,11-16)9-14(19)15-4-5-20-21(15)3/h4-5,13-14H,6-12,19H2,1-3H3. The van der Waals surface area contributed by atoms with Crippen LogP contribution < -0.4 is 5.73 Å². The molecule has 2 N–H and O–H groups in total. The number of rotatable bonds is 3. The van der Waals surface area contributed by atoms with Gasteiger partial charge >= 0.3 is 0 Å². The van der Waals surface area contributed by atoms with Crippen molar-refractivity contribution in [3.05, 3.63) is 18.0 Å². The van der Waals surface area contributed by atoms with Gasteiger partial charge in [0.2, 0.25) is 0 Å². The zero-order valence-electron chi connectivity index (χ0n) is 13.7. The van der Waals surface area contributed by atoms with Crippen molar-refractivity contribution in [3.63, 3.8) is 0 Å². The van der Waals surface area contributed by atoms with Gasteiger partial charge < -0.3 is 5.73 Å². The maximum Gasteiger partial charge on any atom is 0.0548 e. The first-order chi connectivity index (χ1) is 9.81. The van der Waals surface area contributed by atoms with E-state index in [2.05, 4.69) is 25.0 Å². The number of hydrogen-bond acceptors (Lipinski definition) is 2. The van der Waals surface area contributed by atoms with E-state index in [4.69, 9.17) is 5.73 Å². The molecule has 5 rings (SSSR count). The summed E-state index contributed by atoms with van der Waals surface area (Å²) >= 11 is 0. The van der Waals surface area contributed by atoms with Gasteiger partial charge in [0.15, 0.2) is 0 Å². The molecule has 0 amide bonds. The molecular weight excluding hydrogens is 258 g/mol. The van der Waals surface area contributed by atoms with Gasteiger partial charge in [-0.15, -0.1) is 0 Å². The smallest absolute Gasteiger partial charge is 0.0548 e. The van der Waals surface area contributed by atoms with Crippen LogP contribution in [0.4, 0.5) is 0 Å². The Morgan fingerprint density at radius 1 is 1.24 bits per heavy atom. The monoisotopic (exact) mass is 287 g/mol. The molecule has 0 radical (unpaired) electrons. The van der Waals surface area contributed by atoms with Crippen molar-refractivity contribution in [2.24, 2.45) is 34.9 Å². The Kier molecular flexibility index (Phi) is 2.71. The molecular formula is C18H29N3. The first-order valence-electron chi connectivity index (χ1n) is 8.54. The van der Waals surface area contributed by atoms with E-state index < -0.39 is 0 Å². The fourth-order valence-corrected chi connectivity index (χ4v) is 7.23. The second-order valence-electron chi connectivity index (χ2n) is 9.32. The first kappa shape index (κ1) is 13.8. The molecule has 4 fully saturated rings. The normalized spacial score (nSPS) is 46.0. The van der Waals surface area contributed by atoms with Gasteiger partial charge in [0, 0.05) is 19.3 Å². The number of hydrogen-bond donors (Lipinski definition) is 1. The largest absolute Gasteiger partial charge is 0.323 e. The van der Waals surface area contributed by atoms with Crippen molar-refractivity contribution in [2.45, 2.75) is 64.8 Å². The van der Waals surface area contributed by atoms with Crippen LogP contribution in [0.3, 0.4) is 0 Å². The van der Waals surface area contributed by atoms with Crippen LogP contribution in [0.1, 0.15) is 70.5 Å². The van der Waals surface area contributed by atoms with E-state index >= 15 is 0 Å². The minimum atomic E-state index is 0.140. The third-order valence-electron chi connectivity index (χ3n) is 6.63. The van der Waals surface area contributed by atoms with Gasteiger partial charge in [-0.1, -0.05) is 13.8 Å². The van der Waals surface area contributed by atoms with Crippen LogP contribution in [-0.4, -0.2) is 9.78 Å². The molecule has 0 spiro atoms. The number of nitrogens with two attached hydrogens (primary N) is 1. The Labute approximate surface area is 128 Å². The molecule has 1 aromatic rings. The Hall–Kier alpha value is -0.830. The summed E-state index contributed by atoms with van der Waals surface area (Å²) in [5, 5.41) is 4.30. The highest BCUT2D eigenvalue weighted by Gasteiger charge is 2.60. The first-order valence-corrected chi connectivity index (χ1v) is 8.54. The Morgan fingerprint density at radius 3 is 2.43 bits per heavy atom. The van der Waals surface area contributed by atoms with E-state index in [0.717, 1.165) is 12.3 Å². The van der Waals surface area contributed by atoms with E-state index in [1.54, 1.807) is 0 Å². The average Bonchev–Trinajstić information content (AvgIpc) is 2.69. The molecule has 0 saturated heterocycles. The fourth-order valence-electron chi connectivity index (χ4n) is 7.23. The third-order valence-corrected chi connectivity index (χ3v) is 6.63. The topological polar surface area (TPSA) is 43.8 Å². The van der Waals surface area contributed by atoms with Crippen LogP contribution in [0, 0.1) is 22.2 Å². The SMILES string of the molecule is Cn1nccc1C(N)CC12CC3CC(C)(CC(C)(C3)C1)C2. The minimum Gasteiger partial charge on any atom is -0.323 e.